The van der Waals surface area contributed by atoms with E-state index in [1.807, 2.05) is 12.1 Å². The third-order valence-corrected chi connectivity index (χ3v) is 6.17. The Bertz CT molecular complexity index is 1190. The number of amides is 1. The van der Waals surface area contributed by atoms with Gasteiger partial charge in [0.25, 0.3) is 5.91 Å². The van der Waals surface area contributed by atoms with Crippen molar-refractivity contribution in [3.8, 4) is 5.75 Å². The normalized spacial score (nSPS) is 18.8. The highest BCUT2D eigenvalue weighted by molar-refractivity contribution is 5.99. The van der Waals surface area contributed by atoms with E-state index in [9.17, 15) is 9.59 Å². The van der Waals surface area contributed by atoms with Gasteiger partial charge in [-0.25, -0.2) is 0 Å². The molecule has 1 saturated heterocycles. The molecule has 8 nitrogen and oxygen atoms in total. The van der Waals surface area contributed by atoms with E-state index in [0.29, 0.717) is 28.8 Å². The zero-order valence-corrected chi connectivity index (χ0v) is 18.0. The molecule has 0 saturated carbocycles. The standard InChI is InChI=1S/C24H25N3O5/c1-30-17-3-4-18-19(15-17)32-23-20(22(18)28)21(16-5-7-25-8-6-16)27(24(23)29)10-2-9-26-11-13-31-14-12-26/h3-8,15,21H,2,9-14H2,1H3/t21-/m1/s1. The molecule has 0 radical (unpaired) electrons. The third kappa shape index (κ3) is 3.65. The molecule has 1 atom stereocenters. The van der Waals surface area contributed by atoms with E-state index in [2.05, 4.69) is 9.88 Å². The van der Waals surface area contributed by atoms with Crippen molar-refractivity contribution in [1.29, 1.82) is 0 Å². The lowest BCUT2D eigenvalue weighted by atomic mass is 9.99. The van der Waals surface area contributed by atoms with Crippen LogP contribution in [0.25, 0.3) is 11.0 Å². The summed E-state index contributed by atoms with van der Waals surface area (Å²) in [6.07, 6.45) is 4.15. The molecule has 4 heterocycles. The monoisotopic (exact) mass is 435 g/mol. The molecule has 0 spiro atoms. The molecule has 0 bridgehead atoms. The van der Waals surface area contributed by atoms with Crippen LogP contribution in [0.15, 0.2) is 51.9 Å². The van der Waals surface area contributed by atoms with Gasteiger partial charge in [0.05, 0.1) is 37.3 Å². The number of carbonyl (C=O) groups is 1. The van der Waals surface area contributed by atoms with Crippen molar-refractivity contribution in [2.45, 2.75) is 12.5 Å². The Morgan fingerprint density at radius 3 is 2.62 bits per heavy atom. The van der Waals surface area contributed by atoms with Crippen LogP contribution in [0.5, 0.6) is 5.75 Å². The minimum absolute atomic E-state index is 0.115. The lowest BCUT2D eigenvalue weighted by Gasteiger charge is -2.29. The van der Waals surface area contributed by atoms with E-state index in [0.717, 1.165) is 44.8 Å². The summed E-state index contributed by atoms with van der Waals surface area (Å²) in [6, 6.07) is 8.26. The Labute approximate surface area is 185 Å². The molecular weight excluding hydrogens is 410 g/mol. The SMILES string of the molecule is COc1ccc2c(=O)c3c(oc2c1)C(=O)N(CCCN1CCOCC1)[C@@H]3c1ccncc1. The Kier molecular flexibility index (Phi) is 5.63. The summed E-state index contributed by atoms with van der Waals surface area (Å²) >= 11 is 0. The van der Waals surface area contributed by atoms with Crippen molar-refractivity contribution in [3.05, 3.63) is 69.8 Å². The smallest absolute Gasteiger partial charge is 0.290 e. The van der Waals surface area contributed by atoms with Gasteiger partial charge >= 0.3 is 0 Å². The zero-order valence-electron chi connectivity index (χ0n) is 18.0. The van der Waals surface area contributed by atoms with Crippen molar-refractivity contribution in [2.24, 2.45) is 0 Å². The molecule has 0 aliphatic carbocycles. The van der Waals surface area contributed by atoms with E-state index >= 15 is 0 Å². The van der Waals surface area contributed by atoms with Gasteiger partial charge in [-0.2, -0.15) is 0 Å². The fourth-order valence-corrected chi connectivity index (χ4v) is 4.54. The molecule has 32 heavy (non-hydrogen) atoms. The molecule has 5 rings (SSSR count). The van der Waals surface area contributed by atoms with Crippen LogP contribution in [0, 0.1) is 0 Å². The van der Waals surface area contributed by atoms with Gasteiger partial charge in [0.2, 0.25) is 5.76 Å². The first-order chi connectivity index (χ1) is 15.7. The van der Waals surface area contributed by atoms with Crippen molar-refractivity contribution >= 4 is 16.9 Å². The van der Waals surface area contributed by atoms with E-state index in [1.165, 1.54) is 0 Å². The van der Waals surface area contributed by atoms with Crippen LogP contribution in [0.4, 0.5) is 0 Å². The second-order valence-corrected chi connectivity index (χ2v) is 8.03. The fraction of sp³-hybridized carbons (Fsp3) is 0.375. The summed E-state index contributed by atoms with van der Waals surface area (Å²) in [5, 5.41) is 0.437. The highest BCUT2D eigenvalue weighted by Gasteiger charge is 2.42. The van der Waals surface area contributed by atoms with Crippen LogP contribution in [0.2, 0.25) is 0 Å². The summed E-state index contributed by atoms with van der Waals surface area (Å²) in [4.78, 5) is 35.1. The number of pyridine rings is 1. The predicted octanol–water partition coefficient (Wildman–Crippen LogP) is 2.46. The molecule has 1 fully saturated rings. The van der Waals surface area contributed by atoms with Crippen molar-refractivity contribution in [3.63, 3.8) is 0 Å². The van der Waals surface area contributed by atoms with Gasteiger partial charge in [0.1, 0.15) is 11.3 Å². The summed E-state index contributed by atoms with van der Waals surface area (Å²) in [6.45, 7) is 4.66. The Hall–Kier alpha value is -3.23. The molecular formula is C24H25N3O5. The molecule has 8 heteroatoms. The number of rotatable bonds is 6. The molecule has 0 N–H and O–H groups in total. The van der Waals surface area contributed by atoms with E-state index in [1.54, 1.807) is 42.6 Å². The van der Waals surface area contributed by atoms with Gasteiger partial charge in [-0.3, -0.25) is 19.5 Å². The molecule has 1 amide bonds. The number of aromatic nitrogens is 1. The molecule has 0 unspecified atom stereocenters. The number of hydrogen-bond acceptors (Lipinski definition) is 7. The van der Waals surface area contributed by atoms with Crippen molar-refractivity contribution < 1.29 is 18.7 Å². The van der Waals surface area contributed by atoms with Gasteiger partial charge < -0.3 is 18.8 Å². The molecule has 2 aliphatic heterocycles. The Morgan fingerprint density at radius 1 is 1.09 bits per heavy atom. The maximum absolute atomic E-state index is 13.5. The number of ether oxygens (including phenoxy) is 2. The topological polar surface area (TPSA) is 85.1 Å². The third-order valence-electron chi connectivity index (χ3n) is 6.17. The first-order valence-electron chi connectivity index (χ1n) is 10.8. The zero-order chi connectivity index (χ0) is 22.1. The maximum atomic E-state index is 13.5. The molecule has 166 valence electrons. The van der Waals surface area contributed by atoms with Crippen LogP contribution in [0.1, 0.15) is 34.1 Å². The Balaban J connectivity index is 1.52. The number of morpholine rings is 1. The van der Waals surface area contributed by atoms with E-state index < -0.39 is 6.04 Å². The van der Waals surface area contributed by atoms with E-state index in [-0.39, 0.29) is 17.1 Å². The molecule has 1 aromatic carbocycles. The van der Waals surface area contributed by atoms with Crippen LogP contribution < -0.4 is 10.2 Å². The summed E-state index contributed by atoms with van der Waals surface area (Å²) < 4.78 is 16.7. The molecule has 2 aliphatic rings. The van der Waals surface area contributed by atoms with Crippen molar-refractivity contribution in [2.75, 3.05) is 46.5 Å². The minimum atomic E-state index is -0.493. The van der Waals surface area contributed by atoms with Crippen molar-refractivity contribution in [1.82, 2.24) is 14.8 Å². The maximum Gasteiger partial charge on any atom is 0.290 e. The van der Waals surface area contributed by atoms with Crippen LogP contribution in [0.3, 0.4) is 0 Å². The number of carbonyl (C=O) groups excluding carboxylic acids is 1. The lowest BCUT2D eigenvalue weighted by Crippen LogP contribution is -2.38. The van der Waals surface area contributed by atoms with E-state index in [4.69, 9.17) is 13.9 Å². The van der Waals surface area contributed by atoms with Gasteiger partial charge in [0.15, 0.2) is 5.43 Å². The number of methoxy groups -OCH3 is 1. The van der Waals surface area contributed by atoms with Gasteiger partial charge in [-0.1, -0.05) is 0 Å². The molecule has 2 aromatic heterocycles. The average Bonchev–Trinajstić information content (AvgIpc) is 3.12. The van der Waals surface area contributed by atoms with Crippen LogP contribution in [-0.4, -0.2) is 67.2 Å². The number of hydrogen-bond donors (Lipinski definition) is 0. The first-order valence-corrected chi connectivity index (χ1v) is 10.8. The predicted molar refractivity (Wildman–Crippen MR) is 118 cm³/mol. The summed E-state index contributed by atoms with van der Waals surface area (Å²) in [7, 11) is 1.55. The fourth-order valence-electron chi connectivity index (χ4n) is 4.54. The molecule has 3 aromatic rings. The minimum Gasteiger partial charge on any atom is -0.497 e. The van der Waals surface area contributed by atoms with Crippen LogP contribution >= 0.6 is 0 Å². The van der Waals surface area contributed by atoms with Gasteiger partial charge in [-0.15, -0.1) is 0 Å². The highest BCUT2D eigenvalue weighted by Crippen LogP contribution is 2.38. The number of benzene rings is 1. The second-order valence-electron chi connectivity index (χ2n) is 8.03. The average molecular weight is 435 g/mol. The Morgan fingerprint density at radius 2 is 1.88 bits per heavy atom. The lowest BCUT2D eigenvalue weighted by molar-refractivity contribution is 0.0353. The highest BCUT2D eigenvalue weighted by atomic mass is 16.5. The first kappa shape index (κ1) is 20.7. The summed E-state index contributed by atoms with van der Waals surface area (Å²) in [5.41, 5.74) is 1.41. The summed E-state index contributed by atoms with van der Waals surface area (Å²) in [5.74, 6) is 0.425. The largest absolute Gasteiger partial charge is 0.497 e. The van der Waals surface area contributed by atoms with Crippen LogP contribution in [-0.2, 0) is 4.74 Å². The second kappa shape index (κ2) is 8.72. The number of fused-ring (bicyclic) bond motifs is 2. The van der Waals surface area contributed by atoms with Gasteiger partial charge in [-0.05, 0) is 36.2 Å². The number of nitrogens with zero attached hydrogens (tertiary/aromatic N) is 3. The van der Waals surface area contributed by atoms with Gasteiger partial charge in [0, 0.05) is 44.6 Å². The quantitative estimate of drug-likeness (QED) is 0.588.